The molecule has 7 heteroatoms. The number of hydrogen-bond acceptors (Lipinski definition) is 4. The Kier molecular flexibility index (Phi) is 4.97. The van der Waals surface area contributed by atoms with Crippen LogP contribution in [0.5, 0.6) is 0 Å². The molecule has 0 saturated carbocycles. The van der Waals surface area contributed by atoms with Gasteiger partial charge in [0.1, 0.15) is 17.7 Å². The van der Waals surface area contributed by atoms with E-state index < -0.39 is 29.7 Å². The zero-order valence-corrected chi connectivity index (χ0v) is 12.4. The summed E-state index contributed by atoms with van der Waals surface area (Å²) in [6, 6.07) is -2.10. The molecule has 3 N–H and O–H groups in total. The van der Waals surface area contributed by atoms with Crippen LogP contribution in [0.4, 0.5) is 4.79 Å². The number of rotatable bonds is 3. The summed E-state index contributed by atoms with van der Waals surface area (Å²) in [6.45, 7) is 7.36. The fourth-order valence-corrected chi connectivity index (χ4v) is 2.17. The molecule has 0 aromatic carbocycles. The summed E-state index contributed by atoms with van der Waals surface area (Å²) in [4.78, 5) is 36.5. The van der Waals surface area contributed by atoms with Crippen molar-refractivity contribution in [3.8, 4) is 0 Å². The molecule has 3 amide bonds. The smallest absolute Gasteiger partial charge is 0.329 e. The SMILES string of the molecule is CC(NC(N)=O)C(=O)N1CCC[C@@H]1C(=O)OC(C)(C)C. The van der Waals surface area contributed by atoms with E-state index in [1.165, 1.54) is 11.8 Å². The molecule has 0 aliphatic carbocycles. The monoisotopic (exact) mass is 285 g/mol. The van der Waals surface area contributed by atoms with Crippen LogP contribution in [0.25, 0.3) is 0 Å². The predicted octanol–water partition coefficient (Wildman–Crippen LogP) is 0.376. The van der Waals surface area contributed by atoms with Crippen LogP contribution < -0.4 is 11.1 Å². The van der Waals surface area contributed by atoms with Crippen molar-refractivity contribution in [2.75, 3.05) is 6.54 Å². The zero-order valence-electron chi connectivity index (χ0n) is 12.4. The molecular formula is C13H23N3O4. The topological polar surface area (TPSA) is 102 Å². The van der Waals surface area contributed by atoms with Gasteiger partial charge >= 0.3 is 12.0 Å². The van der Waals surface area contributed by atoms with E-state index in [2.05, 4.69) is 5.32 Å². The van der Waals surface area contributed by atoms with Crippen LogP contribution in [-0.4, -0.2) is 47.0 Å². The molecule has 1 fully saturated rings. The summed E-state index contributed by atoms with van der Waals surface area (Å²) in [5, 5.41) is 2.32. The summed E-state index contributed by atoms with van der Waals surface area (Å²) in [5.41, 5.74) is 4.40. The molecule has 1 aliphatic rings. The maximum Gasteiger partial charge on any atom is 0.329 e. The highest BCUT2D eigenvalue weighted by Gasteiger charge is 2.38. The van der Waals surface area contributed by atoms with Gasteiger partial charge < -0.3 is 20.7 Å². The van der Waals surface area contributed by atoms with Gasteiger partial charge in [-0.05, 0) is 40.5 Å². The lowest BCUT2D eigenvalue weighted by Crippen LogP contribution is -2.52. The number of nitrogens with one attached hydrogen (secondary N) is 1. The van der Waals surface area contributed by atoms with Gasteiger partial charge in [0.25, 0.3) is 0 Å². The molecule has 7 nitrogen and oxygen atoms in total. The Morgan fingerprint density at radius 2 is 1.95 bits per heavy atom. The average molecular weight is 285 g/mol. The zero-order chi connectivity index (χ0) is 15.5. The van der Waals surface area contributed by atoms with Gasteiger partial charge in [0, 0.05) is 6.54 Å². The van der Waals surface area contributed by atoms with Gasteiger partial charge in [-0.3, -0.25) is 4.79 Å². The normalized spacial score (nSPS) is 20.4. The number of nitrogens with two attached hydrogens (primary N) is 1. The van der Waals surface area contributed by atoms with Crippen LogP contribution in [-0.2, 0) is 14.3 Å². The third-order valence-electron chi connectivity index (χ3n) is 2.94. The van der Waals surface area contributed by atoms with E-state index in [4.69, 9.17) is 10.5 Å². The molecule has 1 unspecified atom stereocenters. The van der Waals surface area contributed by atoms with E-state index in [0.29, 0.717) is 13.0 Å². The van der Waals surface area contributed by atoms with Crippen molar-refractivity contribution in [2.45, 2.75) is 58.2 Å². The Hall–Kier alpha value is -1.79. The third-order valence-corrected chi connectivity index (χ3v) is 2.94. The number of urea groups is 1. The molecule has 0 spiro atoms. The standard InChI is InChI=1S/C13H23N3O4/c1-8(15-12(14)19)10(17)16-7-5-6-9(16)11(18)20-13(2,3)4/h8-9H,5-7H2,1-4H3,(H3,14,15,19)/t8?,9-/m1/s1. The number of esters is 1. The Morgan fingerprint density at radius 1 is 1.35 bits per heavy atom. The predicted molar refractivity (Wildman–Crippen MR) is 72.8 cm³/mol. The summed E-state index contributed by atoms with van der Waals surface area (Å²) in [5.74, 6) is -0.730. The van der Waals surface area contributed by atoms with Crippen LogP contribution in [0.2, 0.25) is 0 Å². The number of nitrogens with zero attached hydrogens (tertiary/aromatic N) is 1. The van der Waals surface area contributed by atoms with Crippen LogP contribution in [0.1, 0.15) is 40.5 Å². The second-order valence-electron chi connectivity index (χ2n) is 5.95. The van der Waals surface area contributed by atoms with Crippen LogP contribution in [0, 0.1) is 0 Å². The first kappa shape index (κ1) is 16.3. The van der Waals surface area contributed by atoms with Crippen molar-refractivity contribution < 1.29 is 19.1 Å². The lowest BCUT2D eigenvalue weighted by molar-refractivity contribution is -0.163. The number of likely N-dealkylation sites (tertiary alicyclic amines) is 1. The molecule has 2 atom stereocenters. The highest BCUT2D eigenvalue weighted by molar-refractivity contribution is 5.90. The van der Waals surface area contributed by atoms with Crippen molar-refractivity contribution in [3.63, 3.8) is 0 Å². The minimum Gasteiger partial charge on any atom is -0.458 e. The van der Waals surface area contributed by atoms with Gasteiger partial charge in [-0.25, -0.2) is 9.59 Å². The molecular weight excluding hydrogens is 262 g/mol. The molecule has 0 aromatic heterocycles. The van der Waals surface area contributed by atoms with E-state index in [-0.39, 0.29) is 5.91 Å². The van der Waals surface area contributed by atoms with Gasteiger partial charge in [0.05, 0.1) is 0 Å². The highest BCUT2D eigenvalue weighted by Crippen LogP contribution is 2.21. The molecule has 1 heterocycles. The Bertz CT molecular complexity index is 403. The fraction of sp³-hybridized carbons (Fsp3) is 0.769. The first-order valence-electron chi connectivity index (χ1n) is 6.71. The minimum atomic E-state index is -0.765. The maximum absolute atomic E-state index is 12.2. The number of carbonyl (C=O) groups excluding carboxylic acids is 3. The number of hydrogen-bond donors (Lipinski definition) is 2. The van der Waals surface area contributed by atoms with Gasteiger partial charge in [0.15, 0.2) is 0 Å². The Morgan fingerprint density at radius 3 is 2.45 bits per heavy atom. The summed E-state index contributed by atoms with van der Waals surface area (Å²) in [6.07, 6.45) is 1.31. The lowest BCUT2D eigenvalue weighted by atomic mass is 10.1. The van der Waals surface area contributed by atoms with E-state index in [0.717, 1.165) is 6.42 Å². The van der Waals surface area contributed by atoms with Crippen LogP contribution in [0.15, 0.2) is 0 Å². The van der Waals surface area contributed by atoms with Gasteiger partial charge in [-0.2, -0.15) is 0 Å². The summed E-state index contributed by atoms with van der Waals surface area (Å²) in [7, 11) is 0. The molecule has 0 aromatic rings. The second kappa shape index (κ2) is 6.11. The molecule has 0 bridgehead atoms. The van der Waals surface area contributed by atoms with E-state index in [9.17, 15) is 14.4 Å². The first-order chi connectivity index (χ1) is 9.11. The summed E-state index contributed by atoms with van der Waals surface area (Å²) >= 11 is 0. The number of carbonyl (C=O) groups is 3. The number of primary amides is 1. The average Bonchev–Trinajstić information content (AvgIpc) is 2.73. The summed E-state index contributed by atoms with van der Waals surface area (Å²) < 4.78 is 5.32. The Labute approximate surface area is 118 Å². The van der Waals surface area contributed by atoms with E-state index in [1.54, 1.807) is 20.8 Å². The molecule has 1 aliphatic heterocycles. The number of ether oxygens (including phenoxy) is 1. The van der Waals surface area contributed by atoms with Gasteiger partial charge in [-0.15, -0.1) is 0 Å². The molecule has 20 heavy (non-hydrogen) atoms. The fourth-order valence-electron chi connectivity index (χ4n) is 2.17. The molecule has 1 saturated heterocycles. The lowest BCUT2D eigenvalue weighted by Gasteiger charge is -2.29. The third kappa shape index (κ3) is 4.40. The minimum absolute atomic E-state index is 0.322. The second-order valence-corrected chi connectivity index (χ2v) is 5.95. The molecule has 0 radical (unpaired) electrons. The number of amides is 3. The van der Waals surface area contributed by atoms with E-state index in [1.807, 2.05) is 0 Å². The first-order valence-corrected chi connectivity index (χ1v) is 6.71. The van der Waals surface area contributed by atoms with Crippen molar-refractivity contribution in [2.24, 2.45) is 5.73 Å². The van der Waals surface area contributed by atoms with Crippen molar-refractivity contribution in [1.82, 2.24) is 10.2 Å². The van der Waals surface area contributed by atoms with Crippen molar-refractivity contribution >= 4 is 17.9 Å². The van der Waals surface area contributed by atoms with Gasteiger partial charge in [0.2, 0.25) is 5.91 Å². The molecule has 114 valence electrons. The van der Waals surface area contributed by atoms with Crippen molar-refractivity contribution in [3.05, 3.63) is 0 Å². The van der Waals surface area contributed by atoms with Crippen molar-refractivity contribution in [1.29, 1.82) is 0 Å². The quantitative estimate of drug-likeness (QED) is 0.732. The highest BCUT2D eigenvalue weighted by atomic mass is 16.6. The molecule has 1 rings (SSSR count). The van der Waals surface area contributed by atoms with E-state index >= 15 is 0 Å². The largest absolute Gasteiger partial charge is 0.458 e. The van der Waals surface area contributed by atoms with Crippen LogP contribution in [0.3, 0.4) is 0 Å². The Balaban J connectivity index is 2.71. The van der Waals surface area contributed by atoms with Crippen LogP contribution >= 0.6 is 0 Å². The maximum atomic E-state index is 12.2. The van der Waals surface area contributed by atoms with Gasteiger partial charge in [-0.1, -0.05) is 0 Å².